The van der Waals surface area contributed by atoms with E-state index in [0.29, 0.717) is 24.2 Å². The molecule has 1 aliphatic carbocycles. The van der Waals surface area contributed by atoms with Crippen LogP contribution in [0.25, 0.3) is 0 Å². The molecule has 8 nitrogen and oxygen atoms in total. The zero-order valence-corrected chi connectivity index (χ0v) is 11.9. The smallest absolute Gasteiger partial charge is 0.233 e. The lowest BCUT2D eigenvalue weighted by Crippen LogP contribution is -2.28. The molecule has 0 unspecified atom stereocenters. The average molecular weight is 293 g/mol. The van der Waals surface area contributed by atoms with Crippen LogP contribution in [0.1, 0.15) is 24.7 Å². The van der Waals surface area contributed by atoms with Crippen molar-refractivity contribution < 1.29 is 4.79 Å². The molecule has 9 heteroatoms. The zero-order valence-electron chi connectivity index (χ0n) is 11.1. The van der Waals surface area contributed by atoms with Crippen molar-refractivity contribution in [2.45, 2.75) is 30.6 Å². The van der Waals surface area contributed by atoms with Crippen LogP contribution >= 0.6 is 11.8 Å². The molecule has 20 heavy (non-hydrogen) atoms. The number of H-pyrrole nitrogens is 1. The van der Waals surface area contributed by atoms with Gasteiger partial charge in [-0.3, -0.25) is 9.89 Å². The van der Waals surface area contributed by atoms with Crippen LogP contribution < -0.4 is 0 Å². The lowest BCUT2D eigenvalue weighted by Gasteiger charge is -2.15. The molecule has 0 bridgehead atoms. The molecular weight excluding hydrogens is 278 g/mol. The van der Waals surface area contributed by atoms with Gasteiger partial charge in [-0.1, -0.05) is 11.8 Å². The van der Waals surface area contributed by atoms with Gasteiger partial charge in [0.2, 0.25) is 5.91 Å². The average Bonchev–Trinajstić information content (AvgIpc) is 2.97. The number of rotatable bonds is 6. The Labute approximate surface area is 120 Å². The highest BCUT2D eigenvalue weighted by atomic mass is 32.2. The van der Waals surface area contributed by atoms with Crippen molar-refractivity contribution in [3.63, 3.8) is 0 Å². The highest BCUT2D eigenvalue weighted by Crippen LogP contribution is 2.37. The number of amides is 1. The molecule has 2 heterocycles. The summed E-state index contributed by atoms with van der Waals surface area (Å²) in [6.07, 6.45) is 5.51. The van der Waals surface area contributed by atoms with Crippen LogP contribution in [0.3, 0.4) is 0 Å². The van der Waals surface area contributed by atoms with Crippen molar-refractivity contribution in [1.29, 1.82) is 0 Å². The fraction of sp³-hybridized carbons (Fsp3) is 0.545. The zero-order chi connectivity index (χ0) is 13.9. The van der Waals surface area contributed by atoms with Gasteiger partial charge in [0.15, 0.2) is 5.16 Å². The van der Waals surface area contributed by atoms with E-state index >= 15 is 0 Å². The summed E-state index contributed by atoms with van der Waals surface area (Å²) in [6.45, 7) is 0.425. The number of hydrogen-bond acceptors (Lipinski definition) is 6. The third kappa shape index (κ3) is 2.98. The van der Waals surface area contributed by atoms with Crippen LogP contribution in [-0.4, -0.2) is 53.6 Å². The predicted octanol–water partition coefficient (Wildman–Crippen LogP) is 0.482. The number of carbonyl (C=O) groups is 1. The van der Waals surface area contributed by atoms with Gasteiger partial charge in [-0.25, -0.2) is 4.98 Å². The number of nitrogens with one attached hydrogen (secondary N) is 1. The molecule has 2 aromatic rings. The van der Waals surface area contributed by atoms with E-state index < -0.39 is 0 Å². The number of hydrogen-bond donors (Lipinski definition) is 1. The van der Waals surface area contributed by atoms with E-state index in [1.54, 1.807) is 18.3 Å². The molecule has 1 fully saturated rings. The van der Waals surface area contributed by atoms with E-state index in [1.807, 2.05) is 4.57 Å². The fourth-order valence-electron chi connectivity index (χ4n) is 1.79. The largest absolute Gasteiger partial charge is 0.338 e. The summed E-state index contributed by atoms with van der Waals surface area (Å²) in [5, 5.41) is 15.3. The molecule has 1 saturated carbocycles. The second-order valence-corrected chi connectivity index (χ2v) is 5.67. The first-order chi connectivity index (χ1) is 9.74. The monoisotopic (exact) mass is 293 g/mol. The minimum atomic E-state index is 0.0248. The van der Waals surface area contributed by atoms with Crippen LogP contribution in [0.5, 0.6) is 0 Å². The number of aromatic nitrogens is 6. The summed E-state index contributed by atoms with van der Waals surface area (Å²) < 4.78 is 2.05. The van der Waals surface area contributed by atoms with E-state index in [-0.39, 0.29) is 5.91 Å². The summed E-state index contributed by atoms with van der Waals surface area (Å²) in [7, 11) is 1.75. The van der Waals surface area contributed by atoms with Gasteiger partial charge in [-0.15, -0.1) is 10.2 Å². The molecule has 0 radical (unpaired) electrons. The summed E-state index contributed by atoms with van der Waals surface area (Å²) in [5.74, 6) is 1.04. The molecule has 3 rings (SSSR count). The van der Waals surface area contributed by atoms with Crippen molar-refractivity contribution in [2.24, 2.45) is 0 Å². The van der Waals surface area contributed by atoms with Gasteiger partial charge in [0.05, 0.1) is 12.3 Å². The third-order valence-corrected chi connectivity index (χ3v) is 4.02. The molecule has 0 aromatic carbocycles. The Morgan fingerprint density at radius 2 is 2.45 bits per heavy atom. The standard InChI is InChI=1S/C11H15N7OS/c1-17(4-9-12-6-13-15-9)10(19)5-20-11-16-14-7-18(11)8-2-3-8/h6-8H,2-5H2,1H3,(H,12,13,15). The SMILES string of the molecule is CN(Cc1ncn[nH]1)C(=O)CSc1nncn1C1CC1. The van der Waals surface area contributed by atoms with Crippen molar-refractivity contribution in [1.82, 2.24) is 34.8 Å². The molecule has 1 aliphatic rings. The van der Waals surface area contributed by atoms with Gasteiger partial charge in [0, 0.05) is 13.1 Å². The number of nitrogens with zero attached hydrogens (tertiary/aromatic N) is 6. The van der Waals surface area contributed by atoms with Crippen molar-refractivity contribution in [3.8, 4) is 0 Å². The quantitative estimate of drug-likeness (QED) is 0.779. The van der Waals surface area contributed by atoms with Gasteiger partial charge in [0.25, 0.3) is 0 Å². The summed E-state index contributed by atoms with van der Waals surface area (Å²) in [5.41, 5.74) is 0. The summed E-state index contributed by atoms with van der Waals surface area (Å²) in [6, 6.07) is 0.523. The van der Waals surface area contributed by atoms with E-state index in [1.165, 1.54) is 30.9 Å². The van der Waals surface area contributed by atoms with Gasteiger partial charge < -0.3 is 9.47 Å². The molecule has 106 valence electrons. The third-order valence-electron chi connectivity index (χ3n) is 3.08. The van der Waals surface area contributed by atoms with Crippen molar-refractivity contribution in [3.05, 3.63) is 18.5 Å². The van der Waals surface area contributed by atoms with Crippen LogP contribution in [0.2, 0.25) is 0 Å². The summed E-state index contributed by atoms with van der Waals surface area (Å²) in [4.78, 5) is 17.7. The highest BCUT2D eigenvalue weighted by molar-refractivity contribution is 7.99. The van der Waals surface area contributed by atoms with E-state index in [9.17, 15) is 4.79 Å². The van der Waals surface area contributed by atoms with Crippen LogP contribution in [0.4, 0.5) is 0 Å². The maximum absolute atomic E-state index is 12.0. The maximum Gasteiger partial charge on any atom is 0.233 e. The minimum absolute atomic E-state index is 0.0248. The Morgan fingerprint density at radius 3 is 3.15 bits per heavy atom. The number of carbonyl (C=O) groups excluding carboxylic acids is 1. The Morgan fingerprint density at radius 1 is 1.60 bits per heavy atom. The molecule has 2 aromatic heterocycles. The summed E-state index contributed by atoms with van der Waals surface area (Å²) >= 11 is 1.42. The first-order valence-electron chi connectivity index (χ1n) is 6.34. The van der Waals surface area contributed by atoms with Gasteiger partial charge >= 0.3 is 0 Å². The molecule has 0 aliphatic heterocycles. The Kier molecular flexibility index (Phi) is 3.68. The maximum atomic E-state index is 12.0. The van der Waals surface area contributed by atoms with Gasteiger partial charge in [0.1, 0.15) is 18.5 Å². The molecule has 0 atom stereocenters. The first-order valence-corrected chi connectivity index (χ1v) is 7.33. The van der Waals surface area contributed by atoms with Crippen molar-refractivity contribution >= 4 is 17.7 Å². The lowest BCUT2D eigenvalue weighted by atomic mass is 10.5. The Hall–Kier alpha value is -1.90. The van der Waals surface area contributed by atoms with Crippen molar-refractivity contribution in [2.75, 3.05) is 12.8 Å². The second-order valence-electron chi connectivity index (χ2n) is 4.72. The predicted molar refractivity (Wildman–Crippen MR) is 71.9 cm³/mol. The second kappa shape index (κ2) is 5.61. The minimum Gasteiger partial charge on any atom is -0.338 e. The Balaban J connectivity index is 1.52. The molecular formula is C11H15N7OS. The Bertz CT molecular complexity index is 577. The van der Waals surface area contributed by atoms with E-state index in [2.05, 4.69) is 25.4 Å². The highest BCUT2D eigenvalue weighted by Gasteiger charge is 2.26. The molecule has 1 amide bonds. The molecule has 1 N–H and O–H groups in total. The topological polar surface area (TPSA) is 92.6 Å². The van der Waals surface area contributed by atoms with Crippen LogP contribution in [0, 0.1) is 0 Å². The number of aromatic amines is 1. The van der Waals surface area contributed by atoms with Gasteiger partial charge in [-0.05, 0) is 12.8 Å². The van der Waals surface area contributed by atoms with Gasteiger partial charge in [-0.2, -0.15) is 5.10 Å². The normalized spacial score (nSPS) is 14.4. The van der Waals surface area contributed by atoms with E-state index in [0.717, 1.165) is 5.16 Å². The van der Waals surface area contributed by atoms with Crippen LogP contribution in [-0.2, 0) is 11.3 Å². The lowest BCUT2D eigenvalue weighted by molar-refractivity contribution is -0.127. The first kappa shape index (κ1) is 13.1. The molecule has 0 saturated heterocycles. The van der Waals surface area contributed by atoms with E-state index in [4.69, 9.17) is 0 Å². The number of thioether (sulfide) groups is 1. The van der Waals surface area contributed by atoms with Crippen LogP contribution in [0.15, 0.2) is 17.8 Å². The fourth-order valence-corrected chi connectivity index (χ4v) is 2.72. The molecule has 0 spiro atoms.